The van der Waals surface area contributed by atoms with Crippen LogP contribution < -0.4 is 21.3 Å². The number of nitrogens with zero attached hydrogens (tertiary/aromatic N) is 5. The molecule has 2 rings (SSSR count). The highest BCUT2D eigenvalue weighted by Gasteiger charge is 2.28. The van der Waals surface area contributed by atoms with Gasteiger partial charge in [-0.25, -0.2) is 15.6 Å². The summed E-state index contributed by atoms with van der Waals surface area (Å²) in [6.45, 7) is 3.36. The third-order valence-corrected chi connectivity index (χ3v) is 4.64. The first-order valence-corrected chi connectivity index (χ1v) is 9.33. The summed E-state index contributed by atoms with van der Waals surface area (Å²) in [5.74, 6) is 4.39. The van der Waals surface area contributed by atoms with Crippen LogP contribution in [-0.4, -0.2) is 53.8 Å². The molecule has 0 aliphatic rings. The molecular weight excluding hydrogens is 392 g/mol. The van der Waals surface area contributed by atoms with Gasteiger partial charge in [-0.2, -0.15) is 18.5 Å². The van der Waals surface area contributed by atoms with Crippen LogP contribution in [0.1, 0.15) is 23.0 Å². The monoisotopic (exact) mass is 412 g/mol. The number of esters is 1. The SMILES string of the molecule is CCOC(=O)c1cnn(C)c1S(=O)(=O)/N=C(\NN)Nc1nc(C)cc(OC)n1. The van der Waals surface area contributed by atoms with Crippen molar-refractivity contribution in [1.29, 1.82) is 0 Å². The van der Waals surface area contributed by atoms with E-state index in [9.17, 15) is 13.2 Å². The molecule has 2 heterocycles. The molecule has 0 radical (unpaired) electrons. The van der Waals surface area contributed by atoms with Gasteiger partial charge in [0.2, 0.25) is 17.8 Å². The van der Waals surface area contributed by atoms with Crippen LogP contribution in [-0.2, 0) is 21.8 Å². The fraction of sp³-hybridized carbons (Fsp3) is 0.357. The van der Waals surface area contributed by atoms with Crippen molar-refractivity contribution in [3.63, 3.8) is 0 Å². The Kier molecular flexibility index (Phi) is 6.48. The standard InChI is InChI=1S/C14H20N8O5S/c1-5-27-12(23)9-7-16-22(3)11(9)28(24,25)21-14(20-15)19-13-17-8(2)6-10(18-13)26-4/h6-7H,5,15H2,1-4H3,(H2,17,18,19,20,21). The van der Waals surface area contributed by atoms with Gasteiger partial charge in [0.25, 0.3) is 0 Å². The summed E-state index contributed by atoms with van der Waals surface area (Å²) < 4.78 is 39.9. The number of guanidine groups is 1. The fourth-order valence-corrected chi connectivity index (χ4v) is 3.36. The van der Waals surface area contributed by atoms with E-state index in [1.807, 2.05) is 0 Å². The van der Waals surface area contributed by atoms with Crippen LogP contribution in [0.2, 0.25) is 0 Å². The van der Waals surface area contributed by atoms with Gasteiger partial charge in [0.05, 0.1) is 19.9 Å². The van der Waals surface area contributed by atoms with E-state index in [0.717, 1.165) is 10.9 Å². The van der Waals surface area contributed by atoms with Gasteiger partial charge in [-0.1, -0.05) is 0 Å². The van der Waals surface area contributed by atoms with Crippen LogP contribution in [0.15, 0.2) is 21.7 Å². The predicted octanol–water partition coefficient (Wildman–Crippen LogP) is -0.676. The number of methoxy groups -OCH3 is 1. The van der Waals surface area contributed by atoms with Gasteiger partial charge in [-0.15, -0.1) is 4.40 Å². The van der Waals surface area contributed by atoms with Crippen molar-refractivity contribution >= 4 is 27.9 Å². The maximum absolute atomic E-state index is 12.7. The Balaban J connectivity index is 2.42. The molecule has 4 N–H and O–H groups in total. The molecule has 0 aromatic carbocycles. The maximum Gasteiger partial charge on any atom is 0.342 e. The van der Waals surface area contributed by atoms with Gasteiger partial charge in [-0.3, -0.25) is 15.4 Å². The number of rotatable bonds is 6. The van der Waals surface area contributed by atoms with Crippen molar-refractivity contribution in [1.82, 2.24) is 25.2 Å². The Morgan fingerprint density at radius 2 is 2.11 bits per heavy atom. The minimum absolute atomic E-state index is 0.000581. The number of carbonyl (C=O) groups is 1. The molecule has 0 amide bonds. The normalized spacial score (nSPS) is 11.8. The molecule has 152 valence electrons. The summed E-state index contributed by atoms with van der Waals surface area (Å²) >= 11 is 0. The van der Waals surface area contributed by atoms with Crippen LogP contribution in [0, 0.1) is 6.92 Å². The van der Waals surface area contributed by atoms with E-state index in [1.54, 1.807) is 19.9 Å². The zero-order valence-corrected chi connectivity index (χ0v) is 16.4. The first-order chi connectivity index (χ1) is 13.2. The van der Waals surface area contributed by atoms with Crippen molar-refractivity contribution in [2.24, 2.45) is 17.3 Å². The summed E-state index contributed by atoms with van der Waals surface area (Å²) in [5, 5.41) is 5.88. The summed E-state index contributed by atoms with van der Waals surface area (Å²) in [6, 6.07) is 1.58. The molecule has 0 saturated heterocycles. The number of sulfonamides is 1. The number of hydrazine groups is 1. The van der Waals surface area contributed by atoms with Crippen molar-refractivity contribution in [3.8, 4) is 5.88 Å². The van der Waals surface area contributed by atoms with E-state index < -0.39 is 21.0 Å². The summed E-state index contributed by atoms with van der Waals surface area (Å²) in [7, 11) is -1.63. The van der Waals surface area contributed by atoms with Gasteiger partial charge in [0, 0.05) is 18.8 Å². The highest BCUT2D eigenvalue weighted by atomic mass is 32.2. The van der Waals surface area contributed by atoms with E-state index in [0.29, 0.717) is 5.69 Å². The molecular formula is C14H20N8O5S. The lowest BCUT2D eigenvalue weighted by Gasteiger charge is -2.10. The molecule has 14 heteroatoms. The Bertz CT molecular complexity index is 1000. The van der Waals surface area contributed by atoms with Gasteiger partial charge in [0.15, 0.2) is 5.03 Å². The smallest absolute Gasteiger partial charge is 0.342 e. The third kappa shape index (κ3) is 4.72. The summed E-state index contributed by atoms with van der Waals surface area (Å²) in [5.41, 5.74) is 2.42. The summed E-state index contributed by atoms with van der Waals surface area (Å²) in [4.78, 5) is 20.1. The zero-order chi connectivity index (χ0) is 20.9. The van der Waals surface area contributed by atoms with E-state index in [4.69, 9.17) is 15.3 Å². The van der Waals surface area contributed by atoms with Crippen LogP contribution in [0.3, 0.4) is 0 Å². The number of anilines is 1. The van der Waals surface area contributed by atoms with Crippen molar-refractivity contribution in [2.75, 3.05) is 19.0 Å². The van der Waals surface area contributed by atoms with Crippen LogP contribution in [0.25, 0.3) is 0 Å². The van der Waals surface area contributed by atoms with Crippen molar-refractivity contribution in [2.45, 2.75) is 18.9 Å². The first-order valence-electron chi connectivity index (χ1n) is 7.89. The number of aryl methyl sites for hydroxylation is 2. The van der Waals surface area contributed by atoms with E-state index >= 15 is 0 Å². The topological polar surface area (TPSA) is 176 Å². The maximum atomic E-state index is 12.7. The Labute approximate surface area is 161 Å². The minimum Gasteiger partial charge on any atom is -0.481 e. The van der Waals surface area contributed by atoms with Crippen LogP contribution in [0.5, 0.6) is 5.88 Å². The average Bonchev–Trinajstić information content (AvgIpc) is 3.03. The molecule has 0 aliphatic carbocycles. The van der Waals surface area contributed by atoms with Gasteiger partial charge in [-0.05, 0) is 13.8 Å². The largest absolute Gasteiger partial charge is 0.481 e. The number of hydrogen-bond donors (Lipinski definition) is 3. The second-order valence-corrected chi connectivity index (χ2v) is 6.79. The van der Waals surface area contributed by atoms with Gasteiger partial charge >= 0.3 is 16.0 Å². The Morgan fingerprint density at radius 1 is 1.39 bits per heavy atom. The van der Waals surface area contributed by atoms with Gasteiger partial charge in [0.1, 0.15) is 5.56 Å². The molecule has 0 fully saturated rings. The molecule has 0 aliphatic heterocycles. The molecule has 13 nitrogen and oxygen atoms in total. The van der Waals surface area contributed by atoms with E-state index in [2.05, 4.69) is 30.2 Å². The number of ether oxygens (including phenoxy) is 2. The first kappa shape index (κ1) is 21.0. The third-order valence-electron chi connectivity index (χ3n) is 3.24. The molecule has 28 heavy (non-hydrogen) atoms. The quantitative estimate of drug-likeness (QED) is 0.180. The number of nitrogens with two attached hydrogens (primary N) is 1. The molecule has 0 unspecified atom stereocenters. The minimum atomic E-state index is -4.40. The number of nitrogens with one attached hydrogen (secondary N) is 2. The molecule has 0 atom stereocenters. The predicted molar refractivity (Wildman–Crippen MR) is 98.1 cm³/mol. The molecule has 2 aromatic heterocycles. The van der Waals surface area contributed by atoms with Gasteiger partial charge < -0.3 is 9.47 Å². The molecule has 2 aromatic rings. The number of carbonyl (C=O) groups excluding carboxylic acids is 1. The highest BCUT2D eigenvalue weighted by Crippen LogP contribution is 2.19. The lowest BCUT2D eigenvalue weighted by Crippen LogP contribution is -2.37. The second kappa shape index (κ2) is 8.62. The second-order valence-electron chi connectivity index (χ2n) is 5.27. The lowest BCUT2D eigenvalue weighted by atomic mass is 10.4. The number of aromatic nitrogens is 4. The highest BCUT2D eigenvalue weighted by molar-refractivity contribution is 7.90. The van der Waals surface area contributed by atoms with Crippen molar-refractivity contribution in [3.05, 3.63) is 23.5 Å². The van der Waals surface area contributed by atoms with Crippen LogP contribution in [0.4, 0.5) is 5.95 Å². The lowest BCUT2D eigenvalue weighted by molar-refractivity contribution is 0.0521. The Morgan fingerprint density at radius 3 is 2.71 bits per heavy atom. The van der Waals surface area contributed by atoms with E-state index in [1.165, 1.54) is 14.2 Å². The molecule has 0 saturated carbocycles. The van der Waals surface area contributed by atoms with E-state index in [-0.39, 0.29) is 30.0 Å². The molecule has 0 spiro atoms. The summed E-state index contributed by atoms with van der Waals surface area (Å²) in [6.07, 6.45) is 1.08. The van der Waals surface area contributed by atoms with Crippen LogP contribution >= 0.6 is 0 Å². The molecule has 0 bridgehead atoms. The fourth-order valence-electron chi connectivity index (χ4n) is 2.14. The average molecular weight is 412 g/mol. The Hall–Kier alpha value is -3.26. The zero-order valence-electron chi connectivity index (χ0n) is 15.6. The van der Waals surface area contributed by atoms with Crippen molar-refractivity contribution < 1.29 is 22.7 Å². The number of hydrogen-bond acceptors (Lipinski definition) is 9.